The van der Waals surface area contributed by atoms with Crippen molar-refractivity contribution in [1.82, 2.24) is 0 Å². The number of esters is 1. The molecule has 0 saturated heterocycles. The first-order valence-corrected chi connectivity index (χ1v) is 7.39. The molecule has 0 fully saturated rings. The van der Waals surface area contributed by atoms with Crippen LogP contribution in [0.15, 0.2) is 12.1 Å². The van der Waals surface area contributed by atoms with Gasteiger partial charge in [-0.25, -0.2) is 0 Å². The summed E-state index contributed by atoms with van der Waals surface area (Å²) in [4.78, 5) is 23.7. The van der Waals surface area contributed by atoms with E-state index in [1.807, 2.05) is 0 Å². The summed E-state index contributed by atoms with van der Waals surface area (Å²) >= 11 is 6.59. The van der Waals surface area contributed by atoms with E-state index in [-0.39, 0.29) is 5.78 Å². The van der Waals surface area contributed by atoms with Crippen LogP contribution in [0.2, 0.25) is 0 Å². The molecule has 0 aromatic heterocycles. The van der Waals surface area contributed by atoms with Crippen LogP contribution in [0.25, 0.3) is 0 Å². The summed E-state index contributed by atoms with van der Waals surface area (Å²) in [5.41, 5.74) is 0.150. The number of benzene rings is 1. The van der Waals surface area contributed by atoms with Gasteiger partial charge in [0, 0.05) is 24.5 Å². The molecule has 0 amide bonds. The summed E-state index contributed by atoms with van der Waals surface area (Å²) in [5.74, 6) is 0.416. The third kappa shape index (κ3) is 2.54. The lowest BCUT2D eigenvalue weighted by Crippen LogP contribution is -2.48. The predicted octanol–water partition coefficient (Wildman–Crippen LogP) is 2.82. The Morgan fingerprint density at radius 3 is 2.27 bits per heavy atom. The van der Waals surface area contributed by atoms with E-state index in [2.05, 4.69) is 0 Å². The van der Waals surface area contributed by atoms with Crippen molar-refractivity contribution in [3.63, 3.8) is 0 Å². The highest BCUT2D eigenvalue weighted by Crippen LogP contribution is 2.50. The van der Waals surface area contributed by atoms with Gasteiger partial charge in [0.15, 0.2) is 11.4 Å². The molecule has 22 heavy (non-hydrogen) atoms. The number of ether oxygens (including phenoxy) is 3. The SMILES string of the molecule is COc1ccc(OC)c2c1CCC(OC(C)=O)(C(C)=O)C2Cl. The number of alkyl halides is 1. The van der Waals surface area contributed by atoms with Gasteiger partial charge in [0.05, 0.1) is 14.2 Å². The van der Waals surface area contributed by atoms with Crippen molar-refractivity contribution in [2.24, 2.45) is 0 Å². The maximum atomic E-state index is 12.2. The lowest BCUT2D eigenvalue weighted by Gasteiger charge is -2.40. The number of Topliss-reactive ketones (excluding diaryl/α,β-unsaturated/α-hetero) is 1. The minimum Gasteiger partial charge on any atom is -0.496 e. The normalized spacial score (nSPS) is 23.4. The number of hydrogen-bond acceptors (Lipinski definition) is 5. The van der Waals surface area contributed by atoms with Gasteiger partial charge >= 0.3 is 5.97 Å². The molecular formula is C16H19ClO5. The molecule has 0 N–H and O–H groups in total. The zero-order valence-corrected chi connectivity index (χ0v) is 13.8. The maximum Gasteiger partial charge on any atom is 0.303 e. The number of rotatable bonds is 4. The van der Waals surface area contributed by atoms with Crippen molar-refractivity contribution in [3.8, 4) is 11.5 Å². The van der Waals surface area contributed by atoms with Gasteiger partial charge in [-0.2, -0.15) is 0 Å². The van der Waals surface area contributed by atoms with Gasteiger partial charge in [0.1, 0.15) is 16.9 Å². The quantitative estimate of drug-likeness (QED) is 0.629. The van der Waals surface area contributed by atoms with Crippen LogP contribution >= 0.6 is 11.6 Å². The first-order valence-electron chi connectivity index (χ1n) is 6.95. The van der Waals surface area contributed by atoms with Crippen LogP contribution in [-0.4, -0.2) is 31.6 Å². The van der Waals surface area contributed by atoms with Gasteiger partial charge in [-0.3, -0.25) is 9.59 Å². The Labute approximate surface area is 134 Å². The van der Waals surface area contributed by atoms with Gasteiger partial charge in [-0.1, -0.05) is 0 Å². The van der Waals surface area contributed by atoms with E-state index < -0.39 is 16.9 Å². The molecule has 6 heteroatoms. The van der Waals surface area contributed by atoms with Crippen LogP contribution in [0.4, 0.5) is 0 Å². The summed E-state index contributed by atoms with van der Waals surface area (Å²) in [7, 11) is 3.10. The maximum absolute atomic E-state index is 12.2. The number of carbonyl (C=O) groups is 2. The molecule has 0 saturated carbocycles. The van der Waals surface area contributed by atoms with Crippen LogP contribution in [0.5, 0.6) is 11.5 Å². The molecule has 1 aromatic rings. The van der Waals surface area contributed by atoms with Crippen LogP contribution in [0, 0.1) is 0 Å². The molecule has 2 rings (SSSR count). The molecule has 1 aromatic carbocycles. The Kier molecular flexibility index (Phi) is 4.66. The van der Waals surface area contributed by atoms with Crippen molar-refractivity contribution in [2.45, 2.75) is 37.7 Å². The average Bonchev–Trinajstić information content (AvgIpc) is 2.48. The standard InChI is InChI=1S/C16H19ClO5/c1-9(18)16(22-10(2)19)8-7-11-12(20-3)5-6-13(21-4)14(11)15(16)17/h5-6,15H,7-8H2,1-4H3. The summed E-state index contributed by atoms with van der Waals surface area (Å²) in [5, 5.41) is -0.831. The minimum atomic E-state index is -1.37. The van der Waals surface area contributed by atoms with Crippen molar-refractivity contribution >= 4 is 23.4 Å². The van der Waals surface area contributed by atoms with Crippen LogP contribution in [0.3, 0.4) is 0 Å². The number of methoxy groups -OCH3 is 2. The molecule has 0 spiro atoms. The second kappa shape index (κ2) is 6.16. The van der Waals surface area contributed by atoms with Gasteiger partial charge in [0.2, 0.25) is 0 Å². The topological polar surface area (TPSA) is 61.8 Å². The Morgan fingerprint density at radius 2 is 1.77 bits per heavy atom. The fourth-order valence-electron chi connectivity index (χ4n) is 2.98. The van der Waals surface area contributed by atoms with Gasteiger partial charge in [-0.05, 0) is 25.5 Å². The highest BCUT2D eigenvalue weighted by molar-refractivity contribution is 6.24. The highest BCUT2D eigenvalue weighted by atomic mass is 35.5. The fourth-order valence-corrected chi connectivity index (χ4v) is 3.53. The lowest BCUT2D eigenvalue weighted by atomic mass is 9.77. The molecule has 2 atom stereocenters. The summed E-state index contributed by atoms with van der Waals surface area (Å²) in [6.07, 6.45) is 0.818. The van der Waals surface area contributed by atoms with E-state index in [9.17, 15) is 9.59 Å². The van der Waals surface area contributed by atoms with Crippen molar-refractivity contribution in [3.05, 3.63) is 23.3 Å². The molecule has 0 aliphatic heterocycles. The molecule has 1 aliphatic rings. The summed E-state index contributed by atoms with van der Waals surface area (Å²) in [6.45, 7) is 2.66. The summed E-state index contributed by atoms with van der Waals surface area (Å²) in [6, 6.07) is 3.53. The van der Waals surface area contributed by atoms with Gasteiger partial charge in [0.25, 0.3) is 0 Å². The second-order valence-electron chi connectivity index (χ2n) is 5.26. The van der Waals surface area contributed by atoms with E-state index >= 15 is 0 Å². The van der Waals surface area contributed by atoms with E-state index in [0.717, 1.165) is 5.56 Å². The van der Waals surface area contributed by atoms with Gasteiger partial charge < -0.3 is 14.2 Å². The fraction of sp³-hybridized carbons (Fsp3) is 0.500. The van der Waals surface area contributed by atoms with Crippen LogP contribution in [0.1, 0.15) is 36.8 Å². The van der Waals surface area contributed by atoms with Crippen molar-refractivity contribution < 1.29 is 23.8 Å². The number of halogens is 1. The zero-order valence-electron chi connectivity index (χ0n) is 13.1. The van der Waals surface area contributed by atoms with Crippen LogP contribution < -0.4 is 9.47 Å². The Hall–Kier alpha value is -1.75. The predicted molar refractivity (Wildman–Crippen MR) is 81.6 cm³/mol. The molecule has 0 bridgehead atoms. The largest absolute Gasteiger partial charge is 0.496 e. The van der Waals surface area contributed by atoms with E-state index in [1.165, 1.54) is 21.0 Å². The number of carbonyl (C=O) groups excluding carboxylic acids is 2. The Balaban J connectivity index is 2.63. The first kappa shape index (κ1) is 16.6. The third-order valence-corrected chi connectivity index (χ3v) is 4.62. The molecular weight excluding hydrogens is 308 g/mol. The van der Waals surface area contributed by atoms with Crippen molar-refractivity contribution in [2.75, 3.05) is 14.2 Å². The van der Waals surface area contributed by atoms with E-state index in [1.54, 1.807) is 19.2 Å². The average molecular weight is 327 g/mol. The zero-order chi connectivity index (χ0) is 16.5. The minimum absolute atomic E-state index is 0.279. The molecule has 0 heterocycles. The van der Waals surface area contributed by atoms with E-state index in [4.69, 9.17) is 25.8 Å². The Bertz CT molecular complexity index is 613. The monoisotopic (exact) mass is 326 g/mol. The smallest absolute Gasteiger partial charge is 0.303 e. The molecule has 120 valence electrons. The number of hydrogen-bond donors (Lipinski definition) is 0. The van der Waals surface area contributed by atoms with E-state index in [0.29, 0.717) is 29.9 Å². The molecule has 5 nitrogen and oxygen atoms in total. The van der Waals surface area contributed by atoms with Crippen molar-refractivity contribution in [1.29, 1.82) is 0 Å². The number of ketones is 1. The molecule has 0 radical (unpaired) electrons. The molecule has 2 unspecified atom stereocenters. The highest BCUT2D eigenvalue weighted by Gasteiger charge is 2.51. The number of fused-ring (bicyclic) bond motifs is 1. The first-order chi connectivity index (χ1) is 10.4. The summed E-state index contributed by atoms with van der Waals surface area (Å²) < 4.78 is 16.1. The van der Waals surface area contributed by atoms with Crippen LogP contribution in [-0.2, 0) is 20.7 Å². The third-order valence-electron chi connectivity index (χ3n) is 4.04. The lowest BCUT2D eigenvalue weighted by molar-refractivity contribution is -0.166. The molecule has 1 aliphatic carbocycles. The second-order valence-corrected chi connectivity index (χ2v) is 5.70. The Morgan fingerprint density at radius 1 is 1.18 bits per heavy atom. The van der Waals surface area contributed by atoms with Gasteiger partial charge in [-0.15, -0.1) is 11.6 Å².